The minimum absolute atomic E-state index is 0.0531. The first-order valence-electron chi connectivity index (χ1n) is 7.46. The number of benzene rings is 1. The molecule has 4 nitrogen and oxygen atoms in total. The Labute approximate surface area is 122 Å². The van der Waals surface area contributed by atoms with Gasteiger partial charge in [-0.1, -0.05) is 39.0 Å². The average molecular weight is 278 g/mol. The van der Waals surface area contributed by atoms with Crippen molar-refractivity contribution in [3.8, 4) is 5.75 Å². The summed E-state index contributed by atoms with van der Waals surface area (Å²) in [5, 5.41) is 2.82. The first-order valence-corrected chi connectivity index (χ1v) is 7.46. The maximum Gasteiger partial charge on any atom is 0.320 e. The van der Waals surface area contributed by atoms with Gasteiger partial charge in [0, 0.05) is 13.1 Å². The van der Waals surface area contributed by atoms with Gasteiger partial charge in [0.05, 0.1) is 0 Å². The molecule has 1 N–H and O–H groups in total. The van der Waals surface area contributed by atoms with E-state index >= 15 is 0 Å². The number of urea groups is 1. The van der Waals surface area contributed by atoms with E-state index in [1.807, 2.05) is 29.2 Å². The molecule has 1 aromatic rings. The highest BCUT2D eigenvalue weighted by molar-refractivity contribution is 5.73. The van der Waals surface area contributed by atoms with Gasteiger partial charge >= 0.3 is 6.03 Å². The molecule has 0 radical (unpaired) electrons. The first-order chi connectivity index (χ1) is 9.72. The second-order valence-corrected chi connectivity index (χ2v) is 4.72. The first kappa shape index (κ1) is 16.3. The lowest BCUT2D eigenvalue weighted by atomic mass is 10.1. The van der Waals surface area contributed by atoms with E-state index in [1.54, 1.807) is 0 Å². The zero-order valence-corrected chi connectivity index (χ0v) is 12.8. The Bertz CT molecular complexity index is 401. The topological polar surface area (TPSA) is 41.6 Å². The zero-order chi connectivity index (χ0) is 14.8. The predicted octanol–water partition coefficient (Wildman–Crippen LogP) is 3.42. The number of nitrogens with zero attached hydrogens (tertiary/aromatic N) is 1. The molecule has 0 atom stereocenters. The molecule has 112 valence electrons. The van der Waals surface area contributed by atoms with Crippen LogP contribution in [0.3, 0.4) is 0 Å². The van der Waals surface area contributed by atoms with Gasteiger partial charge in [-0.3, -0.25) is 0 Å². The van der Waals surface area contributed by atoms with Gasteiger partial charge in [-0.25, -0.2) is 4.79 Å². The molecular formula is C16H26N2O2. The molecule has 1 rings (SSSR count). The molecule has 0 spiro atoms. The molecule has 0 aliphatic carbocycles. The van der Waals surface area contributed by atoms with Gasteiger partial charge in [-0.05, 0) is 30.9 Å². The molecule has 4 heteroatoms. The number of carbonyl (C=O) groups excluding carboxylic acids is 1. The summed E-state index contributed by atoms with van der Waals surface area (Å²) in [5.74, 6) is 0.841. The van der Waals surface area contributed by atoms with Crippen molar-refractivity contribution in [2.75, 3.05) is 19.8 Å². The number of aryl methyl sites for hydroxylation is 1. The van der Waals surface area contributed by atoms with Crippen molar-refractivity contribution < 1.29 is 9.53 Å². The zero-order valence-electron chi connectivity index (χ0n) is 12.8. The van der Waals surface area contributed by atoms with Crippen LogP contribution in [-0.2, 0) is 6.42 Å². The number of carbonyl (C=O) groups is 1. The maximum absolute atomic E-state index is 12.0. The molecule has 1 aromatic carbocycles. The van der Waals surface area contributed by atoms with Crippen molar-refractivity contribution in [3.63, 3.8) is 0 Å². The van der Waals surface area contributed by atoms with Crippen molar-refractivity contribution in [1.29, 1.82) is 0 Å². The van der Waals surface area contributed by atoms with Crippen molar-refractivity contribution in [3.05, 3.63) is 29.8 Å². The van der Waals surface area contributed by atoms with Crippen LogP contribution in [0.2, 0.25) is 0 Å². The Balaban J connectivity index is 2.44. The van der Waals surface area contributed by atoms with E-state index in [4.69, 9.17) is 4.74 Å². The van der Waals surface area contributed by atoms with Gasteiger partial charge < -0.3 is 15.0 Å². The second kappa shape index (κ2) is 9.23. The van der Waals surface area contributed by atoms with Crippen LogP contribution in [0.4, 0.5) is 4.79 Å². The molecule has 0 saturated carbocycles. The van der Waals surface area contributed by atoms with Crippen LogP contribution in [0, 0.1) is 0 Å². The van der Waals surface area contributed by atoms with Crippen molar-refractivity contribution >= 4 is 6.03 Å². The van der Waals surface area contributed by atoms with Gasteiger partial charge in [0.1, 0.15) is 5.75 Å². The SMILES string of the molecule is CCCN(CCC)C(=O)NCOc1ccccc1CC. The van der Waals surface area contributed by atoms with Crippen molar-refractivity contribution in [1.82, 2.24) is 10.2 Å². The number of nitrogens with one attached hydrogen (secondary N) is 1. The highest BCUT2D eigenvalue weighted by Gasteiger charge is 2.10. The van der Waals surface area contributed by atoms with Crippen LogP contribution in [0.15, 0.2) is 24.3 Å². The van der Waals surface area contributed by atoms with E-state index < -0.39 is 0 Å². The van der Waals surface area contributed by atoms with Crippen LogP contribution < -0.4 is 10.1 Å². The molecule has 0 saturated heterocycles. The van der Waals surface area contributed by atoms with E-state index in [1.165, 1.54) is 0 Å². The van der Waals surface area contributed by atoms with Crippen LogP contribution in [0.25, 0.3) is 0 Å². The van der Waals surface area contributed by atoms with Gasteiger partial charge in [0.15, 0.2) is 6.73 Å². The molecule has 0 fully saturated rings. The molecular weight excluding hydrogens is 252 g/mol. The smallest absolute Gasteiger partial charge is 0.320 e. The number of hydrogen-bond acceptors (Lipinski definition) is 2. The third-order valence-electron chi connectivity index (χ3n) is 3.08. The number of ether oxygens (including phenoxy) is 1. The quantitative estimate of drug-likeness (QED) is 0.740. The van der Waals surface area contributed by atoms with E-state index in [-0.39, 0.29) is 12.8 Å². The van der Waals surface area contributed by atoms with E-state index in [2.05, 4.69) is 26.1 Å². The van der Waals surface area contributed by atoms with Gasteiger partial charge in [0.25, 0.3) is 0 Å². The van der Waals surface area contributed by atoms with Gasteiger partial charge in [0.2, 0.25) is 0 Å². The fraction of sp³-hybridized carbons (Fsp3) is 0.562. The van der Waals surface area contributed by atoms with Gasteiger partial charge in [-0.2, -0.15) is 0 Å². The normalized spacial score (nSPS) is 10.2. The van der Waals surface area contributed by atoms with E-state index in [0.717, 1.165) is 43.7 Å². The Hall–Kier alpha value is -1.71. The van der Waals surface area contributed by atoms with Crippen molar-refractivity contribution in [2.45, 2.75) is 40.0 Å². The van der Waals surface area contributed by atoms with Crippen LogP contribution in [0.1, 0.15) is 39.2 Å². The molecule has 0 aromatic heterocycles. The number of amides is 2. The van der Waals surface area contributed by atoms with Crippen LogP contribution in [-0.4, -0.2) is 30.8 Å². The Morgan fingerprint density at radius 2 is 1.80 bits per heavy atom. The van der Waals surface area contributed by atoms with Crippen LogP contribution >= 0.6 is 0 Å². The Kier molecular flexibility index (Phi) is 7.55. The van der Waals surface area contributed by atoms with E-state index in [0.29, 0.717) is 0 Å². The summed E-state index contributed by atoms with van der Waals surface area (Å²) in [5.41, 5.74) is 1.15. The summed E-state index contributed by atoms with van der Waals surface area (Å²) in [6.45, 7) is 8.01. The number of para-hydroxylation sites is 1. The number of rotatable bonds is 8. The number of hydrogen-bond donors (Lipinski definition) is 1. The monoisotopic (exact) mass is 278 g/mol. The van der Waals surface area contributed by atoms with Crippen molar-refractivity contribution in [2.24, 2.45) is 0 Å². The lowest BCUT2D eigenvalue weighted by molar-refractivity contribution is 0.184. The largest absolute Gasteiger partial charge is 0.473 e. The third-order valence-corrected chi connectivity index (χ3v) is 3.08. The minimum Gasteiger partial charge on any atom is -0.473 e. The fourth-order valence-electron chi connectivity index (χ4n) is 2.08. The summed E-state index contributed by atoms with van der Waals surface area (Å²) in [6, 6.07) is 7.85. The summed E-state index contributed by atoms with van der Waals surface area (Å²) >= 11 is 0. The minimum atomic E-state index is -0.0531. The summed E-state index contributed by atoms with van der Waals surface area (Å²) in [6.07, 6.45) is 2.85. The molecule has 0 aliphatic rings. The Morgan fingerprint density at radius 3 is 2.40 bits per heavy atom. The van der Waals surface area contributed by atoms with Gasteiger partial charge in [-0.15, -0.1) is 0 Å². The summed E-state index contributed by atoms with van der Waals surface area (Å²) in [7, 11) is 0. The second-order valence-electron chi connectivity index (χ2n) is 4.72. The summed E-state index contributed by atoms with van der Waals surface area (Å²) in [4.78, 5) is 13.8. The lowest BCUT2D eigenvalue weighted by Gasteiger charge is -2.22. The molecule has 20 heavy (non-hydrogen) atoms. The Morgan fingerprint density at radius 1 is 1.15 bits per heavy atom. The third kappa shape index (κ3) is 5.11. The fourth-order valence-corrected chi connectivity index (χ4v) is 2.08. The van der Waals surface area contributed by atoms with Crippen LogP contribution in [0.5, 0.6) is 5.75 Å². The highest BCUT2D eigenvalue weighted by Crippen LogP contribution is 2.17. The molecule has 0 heterocycles. The maximum atomic E-state index is 12.0. The average Bonchev–Trinajstić information content (AvgIpc) is 2.47. The van der Waals surface area contributed by atoms with E-state index in [9.17, 15) is 4.79 Å². The molecule has 2 amide bonds. The summed E-state index contributed by atoms with van der Waals surface area (Å²) < 4.78 is 5.65. The molecule has 0 bridgehead atoms. The highest BCUT2D eigenvalue weighted by atomic mass is 16.5. The lowest BCUT2D eigenvalue weighted by Crippen LogP contribution is -2.42. The molecule has 0 aliphatic heterocycles. The molecule has 0 unspecified atom stereocenters. The predicted molar refractivity (Wildman–Crippen MR) is 82.0 cm³/mol. The standard InChI is InChI=1S/C16H26N2O2/c1-4-11-18(12-5-2)16(19)17-13-20-15-10-8-7-9-14(15)6-3/h7-10H,4-6,11-13H2,1-3H3,(H,17,19).